The Balaban J connectivity index is 1.54. The average molecular weight is 422 g/mol. The van der Waals surface area contributed by atoms with Crippen LogP contribution in [-0.2, 0) is 4.74 Å². The molecule has 0 saturated heterocycles. The van der Waals surface area contributed by atoms with E-state index in [1.165, 1.54) is 12.8 Å². The molecular weight excluding hydrogens is 390 g/mol. The molecule has 0 atom stereocenters. The van der Waals surface area contributed by atoms with Crippen LogP contribution in [0.25, 0.3) is 22.0 Å². The van der Waals surface area contributed by atoms with Crippen LogP contribution in [0.2, 0.25) is 0 Å². The summed E-state index contributed by atoms with van der Waals surface area (Å²) in [5.74, 6) is 1.63. The third kappa shape index (κ3) is 5.29. The molecule has 0 bridgehead atoms. The molecule has 1 aliphatic rings. The molecule has 7 heteroatoms. The summed E-state index contributed by atoms with van der Waals surface area (Å²) in [6.45, 7) is 1.04. The van der Waals surface area contributed by atoms with Gasteiger partial charge in [0.2, 0.25) is 0 Å². The van der Waals surface area contributed by atoms with Crippen LogP contribution in [0.5, 0.6) is 5.75 Å². The average Bonchev–Trinajstić information content (AvgIpc) is 2.80. The van der Waals surface area contributed by atoms with Crippen molar-refractivity contribution in [3.63, 3.8) is 0 Å². The Hall–Kier alpha value is -2.77. The molecule has 2 heterocycles. The fourth-order valence-corrected chi connectivity index (χ4v) is 4.18. The number of ether oxygens (including phenoxy) is 2. The third-order valence-corrected chi connectivity index (χ3v) is 6.01. The predicted molar refractivity (Wildman–Crippen MR) is 123 cm³/mol. The van der Waals surface area contributed by atoms with Gasteiger partial charge in [0.1, 0.15) is 24.5 Å². The minimum absolute atomic E-state index is 0.442. The van der Waals surface area contributed by atoms with Crippen molar-refractivity contribution in [1.82, 2.24) is 19.9 Å². The van der Waals surface area contributed by atoms with Crippen LogP contribution in [-0.4, -0.2) is 66.4 Å². The highest BCUT2D eigenvalue weighted by Gasteiger charge is 2.23. The molecule has 1 N–H and O–H groups in total. The Labute approximate surface area is 183 Å². The maximum absolute atomic E-state index is 5.72. The maximum Gasteiger partial charge on any atom is 0.138 e. The van der Waals surface area contributed by atoms with Crippen LogP contribution in [0.4, 0.5) is 5.82 Å². The van der Waals surface area contributed by atoms with Crippen molar-refractivity contribution in [1.29, 1.82) is 0 Å². The lowest BCUT2D eigenvalue weighted by Gasteiger charge is -2.33. The Bertz CT molecular complexity index is 1000. The van der Waals surface area contributed by atoms with Gasteiger partial charge >= 0.3 is 0 Å². The second-order valence-corrected chi connectivity index (χ2v) is 8.32. The van der Waals surface area contributed by atoms with E-state index in [0.717, 1.165) is 46.4 Å². The molecule has 1 aromatic carbocycles. The van der Waals surface area contributed by atoms with Crippen molar-refractivity contribution in [2.45, 2.75) is 37.8 Å². The van der Waals surface area contributed by atoms with Crippen LogP contribution < -0.4 is 10.1 Å². The summed E-state index contributed by atoms with van der Waals surface area (Å²) in [4.78, 5) is 15.7. The lowest BCUT2D eigenvalue weighted by Crippen LogP contribution is -2.36. The van der Waals surface area contributed by atoms with Gasteiger partial charge in [-0.2, -0.15) is 0 Å². The van der Waals surface area contributed by atoms with Gasteiger partial charge in [0, 0.05) is 36.3 Å². The molecular formula is C24H31N5O2. The van der Waals surface area contributed by atoms with Crippen molar-refractivity contribution in [3.8, 4) is 16.9 Å². The number of aromatic nitrogens is 3. The van der Waals surface area contributed by atoms with E-state index in [0.29, 0.717) is 25.3 Å². The molecule has 3 aromatic rings. The van der Waals surface area contributed by atoms with Crippen molar-refractivity contribution in [2.75, 3.05) is 39.7 Å². The van der Waals surface area contributed by atoms with Gasteiger partial charge in [-0.15, -0.1) is 0 Å². The Morgan fingerprint density at radius 3 is 2.61 bits per heavy atom. The summed E-state index contributed by atoms with van der Waals surface area (Å²) in [6, 6.07) is 9.37. The summed E-state index contributed by atoms with van der Waals surface area (Å²) < 4.78 is 10.8. The number of pyridine rings is 1. The lowest BCUT2D eigenvalue weighted by molar-refractivity contribution is 0.146. The topological polar surface area (TPSA) is 72.4 Å². The Morgan fingerprint density at radius 2 is 1.84 bits per heavy atom. The maximum atomic E-state index is 5.72. The van der Waals surface area contributed by atoms with E-state index < -0.39 is 0 Å². The molecule has 0 radical (unpaired) electrons. The van der Waals surface area contributed by atoms with Crippen LogP contribution in [0.3, 0.4) is 0 Å². The fourth-order valence-electron chi connectivity index (χ4n) is 4.18. The summed E-state index contributed by atoms with van der Waals surface area (Å²) in [5.41, 5.74) is 2.99. The number of rotatable bonds is 8. The van der Waals surface area contributed by atoms with Gasteiger partial charge in [-0.1, -0.05) is 6.07 Å². The van der Waals surface area contributed by atoms with Crippen molar-refractivity contribution < 1.29 is 9.47 Å². The van der Waals surface area contributed by atoms with Gasteiger partial charge in [0.25, 0.3) is 0 Å². The van der Waals surface area contributed by atoms with Crippen molar-refractivity contribution in [2.24, 2.45) is 0 Å². The highest BCUT2D eigenvalue weighted by Crippen LogP contribution is 2.30. The smallest absolute Gasteiger partial charge is 0.138 e. The fraction of sp³-hybridized carbons (Fsp3) is 0.458. The summed E-state index contributed by atoms with van der Waals surface area (Å²) in [7, 11) is 6.00. The number of nitrogens with one attached hydrogen (secondary N) is 1. The van der Waals surface area contributed by atoms with E-state index in [1.807, 2.05) is 18.3 Å². The molecule has 4 rings (SSSR count). The van der Waals surface area contributed by atoms with Gasteiger partial charge in [0.05, 0.1) is 18.3 Å². The number of hydrogen-bond acceptors (Lipinski definition) is 7. The van der Waals surface area contributed by atoms with E-state index in [1.54, 1.807) is 19.6 Å². The molecule has 1 fully saturated rings. The van der Waals surface area contributed by atoms with Crippen LogP contribution in [0.15, 0.2) is 43.0 Å². The molecule has 0 amide bonds. The molecule has 0 spiro atoms. The van der Waals surface area contributed by atoms with Crippen LogP contribution in [0, 0.1) is 0 Å². The van der Waals surface area contributed by atoms with E-state index in [-0.39, 0.29) is 0 Å². The zero-order valence-corrected chi connectivity index (χ0v) is 18.5. The number of hydrogen-bond donors (Lipinski definition) is 1. The normalized spacial score (nSPS) is 19.0. The van der Waals surface area contributed by atoms with E-state index in [9.17, 15) is 0 Å². The molecule has 164 valence electrons. The highest BCUT2D eigenvalue weighted by atomic mass is 16.5. The van der Waals surface area contributed by atoms with E-state index in [2.05, 4.69) is 51.4 Å². The first-order valence-corrected chi connectivity index (χ1v) is 10.9. The standard InChI is InChI=1S/C24H31N5O2/c1-29(2)20-7-5-19(6-8-20)28-24-22-13-17(4-9-23(22)26-16-27-24)18-12-21(15-25-14-18)31-11-10-30-3/h4,9,12-16,19-20H,5-8,10-11H2,1-3H3,(H,26,27,28). The molecule has 1 aliphatic carbocycles. The summed E-state index contributed by atoms with van der Waals surface area (Å²) in [6.07, 6.45) is 9.93. The lowest BCUT2D eigenvalue weighted by atomic mass is 9.90. The molecule has 1 saturated carbocycles. The van der Waals surface area contributed by atoms with Gasteiger partial charge in [-0.3, -0.25) is 4.98 Å². The SMILES string of the molecule is COCCOc1cncc(-c2ccc3ncnc(NC4CCC(N(C)C)CC4)c3c2)c1. The largest absolute Gasteiger partial charge is 0.490 e. The molecule has 0 unspecified atom stereocenters. The first-order valence-electron chi connectivity index (χ1n) is 10.9. The van der Waals surface area contributed by atoms with Gasteiger partial charge < -0.3 is 19.7 Å². The second-order valence-electron chi connectivity index (χ2n) is 8.32. The second kappa shape index (κ2) is 10.0. The molecule has 31 heavy (non-hydrogen) atoms. The number of methoxy groups -OCH3 is 1. The molecule has 2 aromatic heterocycles. The number of fused-ring (bicyclic) bond motifs is 1. The van der Waals surface area contributed by atoms with Gasteiger partial charge in [-0.05, 0) is 63.5 Å². The van der Waals surface area contributed by atoms with Gasteiger partial charge in [-0.25, -0.2) is 9.97 Å². The molecule has 7 nitrogen and oxygen atoms in total. The van der Waals surface area contributed by atoms with Crippen LogP contribution in [0.1, 0.15) is 25.7 Å². The predicted octanol–water partition coefficient (Wildman–Crippen LogP) is 4.00. The first kappa shape index (κ1) is 21.5. The summed E-state index contributed by atoms with van der Waals surface area (Å²) in [5, 5.41) is 4.71. The highest BCUT2D eigenvalue weighted by molar-refractivity contribution is 5.92. The van der Waals surface area contributed by atoms with Crippen molar-refractivity contribution >= 4 is 16.7 Å². The quantitative estimate of drug-likeness (QED) is 0.551. The Kier molecular flexibility index (Phi) is 6.94. The number of anilines is 1. The number of nitrogens with zero attached hydrogens (tertiary/aromatic N) is 4. The molecule has 0 aliphatic heterocycles. The zero-order valence-electron chi connectivity index (χ0n) is 18.5. The minimum atomic E-state index is 0.442. The van der Waals surface area contributed by atoms with E-state index >= 15 is 0 Å². The van der Waals surface area contributed by atoms with Crippen LogP contribution >= 0.6 is 0 Å². The minimum Gasteiger partial charge on any atom is -0.490 e. The first-order chi connectivity index (χ1) is 15.1. The van der Waals surface area contributed by atoms with Crippen molar-refractivity contribution in [3.05, 3.63) is 43.0 Å². The van der Waals surface area contributed by atoms with E-state index in [4.69, 9.17) is 9.47 Å². The third-order valence-electron chi connectivity index (χ3n) is 6.01. The Morgan fingerprint density at radius 1 is 1.00 bits per heavy atom. The number of benzene rings is 1. The van der Waals surface area contributed by atoms with Gasteiger partial charge in [0.15, 0.2) is 0 Å². The zero-order chi connectivity index (χ0) is 21.6. The summed E-state index contributed by atoms with van der Waals surface area (Å²) >= 11 is 0. The monoisotopic (exact) mass is 421 g/mol.